The lowest BCUT2D eigenvalue weighted by molar-refractivity contribution is -0.137. The van der Waals surface area contributed by atoms with Crippen molar-refractivity contribution >= 4 is 17.6 Å². The molecule has 1 aliphatic rings. The first-order chi connectivity index (χ1) is 15.9. The minimum Gasteiger partial charge on any atom is -0.491 e. The molecule has 0 atom stereocenters. The number of rotatable bonds is 8. The lowest BCUT2D eigenvalue weighted by Crippen LogP contribution is -2.27. The number of carbonyl (C=O) groups is 1. The zero-order valence-corrected chi connectivity index (χ0v) is 19.5. The SMILES string of the molecule is CC(C)Oc1ccc(-c2cc(-c3cccc4c3OCCN(CCCC(=O)O)C4)no2)cc1Cl. The molecule has 0 fully saturated rings. The van der Waals surface area contributed by atoms with Crippen molar-refractivity contribution in [1.29, 1.82) is 0 Å². The first-order valence-electron chi connectivity index (χ1n) is 11.0. The average Bonchev–Trinajstić information content (AvgIpc) is 3.16. The quantitative estimate of drug-likeness (QED) is 0.464. The van der Waals surface area contributed by atoms with Crippen LogP contribution in [0.25, 0.3) is 22.6 Å². The van der Waals surface area contributed by atoms with E-state index in [4.69, 9.17) is 30.7 Å². The number of carboxylic acids is 1. The molecule has 1 N–H and O–H groups in total. The molecule has 0 spiro atoms. The summed E-state index contributed by atoms with van der Waals surface area (Å²) in [6, 6.07) is 13.4. The van der Waals surface area contributed by atoms with Gasteiger partial charge in [-0.3, -0.25) is 9.69 Å². The zero-order valence-electron chi connectivity index (χ0n) is 18.7. The maximum absolute atomic E-state index is 10.8. The van der Waals surface area contributed by atoms with Crippen LogP contribution in [0.5, 0.6) is 11.5 Å². The molecule has 1 aliphatic heterocycles. The minimum absolute atomic E-state index is 0.0339. The molecule has 0 bridgehead atoms. The largest absolute Gasteiger partial charge is 0.491 e. The third-order valence-electron chi connectivity index (χ3n) is 5.37. The van der Waals surface area contributed by atoms with E-state index >= 15 is 0 Å². The van der Waals surface area contributed by atoms with Gasteiger partial charge in [-0.15, -0.1) is 0 Å². The van der Waals surface area contributed by atoms with Crippen LogP contribution in [0.2, 0.25) is 5.02 Å². The number of carboxylic acid groups (broad SMARTS) is 1. The number of nitrogens with zero attached hydrogens (tertiary/aromatic N) is 2. The smallest absolute Gasteiger partial charge is 0.303 e. The first-order valence-corrected chi connectivity index (χ1v) is 11.4. The molecule has 8 heteroatoms. The van der Waals surface area contributed by atoms with Crippen molar-refractivity contribution in [3.05, 3.63) is 53.1 Å². The van der Waals surface area contributed by atoms with Crippen molar-refractivity contribution in [1.82, 2.24) is 10.1 Å². The second kappa shape index (κ2) is 10.3. The van der Waals surface area contributed by atoms with Gasteiger partial charge in [0.05, 0.1) is 11.1 Å². The lowest BCUT2D eigenvalue weighted by atomic mass is 10.0. The monoisotopic (exact) mass is 470 g/mol. The molecular formula is C25H27ClN2O5. The van der Waals surface area contributed by atoms with E-state index < -0.39 is 5.97 Å². The van der Waals surface area contributed by atoms with Gasteiger partial charge >= 0.3 is 5.97 Å². The maximum Gasteiger partial charge on any atom is 0.303 e. The van der Waals surface area contributed by atoms with E-state index in [1.807, 2.05) is 50.2 Å². The highest BCUT2D eigenvalue weighted by molar-refractivity contribution is 6.32. The highest BCUT2D eigenvalue weighted by Gasteiger charge is 2.21. The molecule has 2 heterocycles. The third-order valence-corrected chi connectivity index (χ3v) is 5.67. The van der Waals surface area contributed by atoms with Crippen molar-refractivity contribution in [3.8, 4) is 34.1 Å². The molecule has 1 aromatic heterocycles. The number of hydrogen-bond donors (Lipinski definition) is 1. The number of halogens is 1. The van der Waals surface area contributed by atoms with E-state index in [0.29, 0.717) is 48.3 Å². The van der Waals surface area contributed by atoms with Gasteiger partial charge in [-0.2, -0.15) is 0 Å². The lowest BCUT2D eigenvalue weighted by Gasteiger charge is -2.18. The predicted molar refractivity (Wildman–Crippen MR) is 126 cm³/mol. The summed E-state index contributed by atoms with van der Waals surface area (Å²) in [4.78, 5) is 13.0. The molecular weight excluding hydrogens is 444 g/mol. The fourth-order valence-electron chi connectivity index (χ4n) is 3.86. The second-order valence-corrected chi connectivity index (χ2v) is 8.71. The van der Waals surface area contributed by atoms with E-state index in [1.165, 1.54) is 0 Å². The number of benzene rings is 2. The number of ether oxygens (including phenoxy) is 2. The van der Waals surface area contributed by atoms with Gasteiger partial charge in [-0.05, 0) is 51.1 Å². The second-order valence-electron chi connectivity index (χ2n) is 8.30. The minimum atomic E-state index is -0.769. The standard InChI is InChI=1S/C25H27ClN2O5/c1-16(2)32-22-9-8-17(13-20(22)26)23-14-21(27-33-23)19-6-3-5-18-15-28(10-4-7-24(29)30)11-12-31-25(18)19/h3,5-6,8-9,13-14,16H,4,7,10-12,15H2,1-2H3,(H,29,30). The van der Waals surface area contributed by atoms with Crippen LogP contribution in [0.4, 0.5) is 0 Å². The predicted octanol–water partition coefficient (Wildman–Crippen LogP) is 5.51. The normalized spacial score (nSPS) is 13.9. The van der Waals surface area contributed by atoms with Crippen LogP contribution in [0.1, 0.15) is 32.3 Å². The molecule has 0 amide bonds. The van der Waals surface area contributed by atoms with Crippen molar-refractivity contribution in [3.63, 3.8) is 0 Å². The van der Waals surface area contributed by atoms with Gasteiger partial charge < -0.3 is 19.1 Å². The van der Waals surface area contributed by atoms with E-state index in [-0.39, 0.29) is 12.5 Å². The Morgan fingerprint density at radius 2 is 2.12 bits per heavy atom. The summed E-state index contributed by atoms with van der Waals surface area (Å²) in [6.45, 7) is 6.57. The van der Waals surface area contributed by atoms with Crippen LogP contribution in [0, 0.1) is 0 Å². The molecule has 0 unspecified atom stereocenters. The van der Waals surface area contributed by atoms with Crippen molar-refractivity contribution < 1.29 is 23.9 Å². The number of aromatic nitrogens is 1. The van der Waals surface area contributed by atoms with E-state index in [9.17, 15) is 4.79 Å². The fourth-order valence-corrected chi connectivity index (χ4v) is 4.09. The van der Waals surface area contributed by atoms with Crippen LogP contribution in [-0.4, -0.2) is 46.9 Å². The molecule has 174 valence electrons. The maximum atomic E-state index is 10.8. The van der Waals surface area contributed by atoms with E-state index in [2.05, 4.69) is 10.1 Å². The van der Waals surface area contributed by atoms with Gasteiger partial charge in [0.2, 0.25) is 0 Å². The van der Waals surface area contributed by atoms with Crippen molar-refractivity contribution in [2.75, 3.05) is 19.7 Å². The summed E-state index contributed by atoms with van der Waals surface area (Å²) >= 11 is 6.38. The average molecular weight is 471 g/mol. The molecule has 2 aromatic carbocycles. The Morgan fingerprint density at radius 3 is 2.88 bits per heavy atom. The summed E-state index contributed by atoms with van der Waals surface area (Å²) in [5, 5.41) is 13.7. The highest BCUT2D eigenvalue weighted by Crippen LogP contribution is 2.37. The molecule has 3 aromatic rings. The van der Waals surface area contributed by atoms with Gasteiger partial charge in [-0.25, -0.2) is 0 Å². The van der Waals surface area contributed by atoms with Crippen LogP contribution in [0.15, 0.2) is 47.0 Å². The molecule has 0 saturated heterocycles. The highest BCUT2D eigenvalue weighted by atomic mass is 35.5. The molecule has 0 aliphatic carbocycles. The topological polar surface area (TPSA) is 85.0 Å². The summed E-state index contributed by atoms with van der Waals surface area (Å²) < 4.78 is 17.4. The Labute approximate surface area is 197 Å². The van der Waals surface area contributed by atoms with Gasteiger partial charge in [-0.1, -0.05) is 28.9 Å². The summed E-state index contributed by atoms with van der Waals surface area (Å²) in [6.07, 6.45) is 0.813. The van der Waals surface area contributed by atoms with Crippen LogP contribution < -0.4 is 9.47 Å². The van der Waals surface area contributed by atoms with Gasteiger partial charge in [0.1, 0.15) is 23.8 Å². The molecule has 7 nitrogen and oxygen atoms in total. The van der Waals surface area contributed by atoms with Crippen LogP contribution in [-0.2, 0) is 11.3 Å². The van der Waals surface area contributed by atoms with E-state index in [1.54, 1.807) is 6.07 Å². The van der Waals surface area contributed by atoms with Gasteiger partial charge in [0.25, 0.3) is 0 Å². The van der Waals surface area contributed by atoms with Crippen molar-refractivity contribution in [2.24, 2.45) is 0 Å². The molecule has 4 rings (SSSR count). The first kappa shape index (κ1) is 23.1. The Morgan fingerprint density at radius 1 is 1.27 bits per heavy atom. The molecule has 33 heavy (non-hydrogen) atoms. The number of hydrogen-bond acceptors (Lipinski definition) is 6. The summed E-state index contributed by atoms with van der Waals surface area (Å²) in [5.41, 5.74) is 3.39. The fraction of sp³-hybridized carbons (Fsp3) is 0.360. The third kappa shape index (κ3) is 5.67. The van der Waals surface area contributed by atoms with Crippen LogP contribution in [0.3, 0.4) is 0 Å². The zero-order chi connectivity index (χ0) is 23.4. The number of aliphatic carboxylic acids is 1. The van der Waals surface area contributed by atoms with Gasteiger partial charge in [0.15, 0.2) is 5.76 Å². The number of para-hydroxylation sites is 1. The number of fused-ring (bicyclic) bond motifs is 1. The Hall–Kier alpha value is -3.03. The summed E-state index contributed by atoms with van der Waals surface area (Å²) in [7, 11) is 0. The Balaban J connectivity index is 1.55. The Bertz CT molecular complexity index is 1130. The molecule has 0 radical (unpaired) electrons. The van der Waals surface area contributed by atoms with E-state index in [0.717, 1.165) is 29.0 Å². The Kier molecular flexibility index (Phi) is 7.20. The molecule has 0 saturated carbocycles. The summed E-state index contributed by atoms with van der Waals surface area (Å²) in [5.74, 6) is 1.25. The van der Waals surface area contributed by atoms with Gasteiger partial charge in [0, 0.05) is 42.3 Å². The van der Waals surface area contributed by atoms with Crippen molar-refractivity contribution in [2.45, 2.75) is 39.3 Å². The van der Waals surface area contributed by atoms with Crippen LogP contribution >= 0.6 is 11.6 Å².